The fourth-order valence-electron chi connectivity index (χ4n) is 2.73. The lowest BCUT2D eigenvalue weighted by Gasteiger charge is -2.33. The monoisotopic (exact) mass is 298 g/mol. The summed E-state index contributed by atoms with van der Waals surface area (Å²) < 4.78 is 1.49. The van der Waals surface area contributed by atoms with Crippen LogP contribution in [0, 0.1) is 0 Å². The molecule has 0 saturated carbocycles. The highest BCUT2D eigenvalue weighted by Gasteiger charge is 2.34. The molecule has 114 valence electrons. The van der Waals surface area contributed by atoms with Crippen LogP contribution in [-0.4, -0.2) is 46.4 Å². The van der Waals surface area contributed by atoms with E-state index in [1.165, 1.54) is 4.57 Å². The maximum Gasteiger partial charge on any atom is 0.262 e. The Balaban J connectivity index is 2.42. The van der Waals surface area contributed by atoms with Gasteiger partial charge in [0.15, 0.2) is 5.82 Å². The summed E-state index contributed by atoms with van der Waals surface area (Å²) in [6.45, 7) is 1.73. The first-order valence-corrected chi connectivity index (χ1v) is 7.09. The third-order valence-electron chi connectivity index (χ3n) is 3.85. The largest absolute Gasteiger partial charge is 0.382 e. The molecule has 0 unspecified atom stereocenters. The number of aromatic nitrogens is 2. The first-order chi connectivity index (χ1) is 10.4. The Morgan fingerprint density at radius 2 is 1.91 bits per heavy atom. The van der Waals surface area contributed by atoms with Gasteiger partial charge in [-0.05, 0) is 19.1 Å². The van der Waals surface area contributed by atoms with E-state index in [0.717, 1.165) is 0 Å². The number of carbonyl (C=O) groups excluding carboxylic acids is 1. The van der Waals surface area contributed by atoms with Gasteiger partial charge in [0, 0.05) is 27.3 Å². The second-order valence-corrected chi connectivity index (χ2v) is 5.68. The molecule has 0 spiro atoms. The van der Waals surface area contributed by atoms with E-state index in [9.17, 15) is 9.59 Å². The molecular weight excluding hydrogens is 280 g/mol. The van der Waals surface area contributed by atoms with Gasteiger partial charge in [-0.25, -0.2) is 4.98 Å². The Bertz CT molecular complexity index is 851. The summed E-state index contributed by atoms with van der Waals surface area (Å²) in [4.78, 5) is 33.2. The van der Waals surface area contributed by atoms with Gasteiger partial charge in [0.25, 0.3) is 5.56 Å². The SMILES string of the molecule is C[C@H]1C(=O)N(C)/C(=C\N(C)C)c2nc3ccccc3c(=O)n21. The standard InChI is InChI=1S/C16H18N4O2/c1-10-15(21)19(4)13(9-18(2)3)14-17-12-8-6-5-7-11(12)16(22)20(10)14/h5-10H,1-4H3/b13-9-/t10-/m0/s1. The van der Waals surface area contributed by atoms with E-state index in [4.69, 9.17) is 0 Å². The normalized spacial score (nSPS) is 19.6. The highest BCUT2D eigenvalue weighted by molar-refractivity contribution is 5.92. The summed E-state index contributed by atoms with van der Waals surface area (Å²) >= 11 is 0. The molecule has 0 bridgehead atoms. The molecule has 1 atom stereocenters. The van der Waals surface area contributed by atoms with E-state index in [2.05, 4.69) is 4.98 Å². The van der Waals surface area contributed by atoms with Crippen molar-refractivity contribution in [1.82, 2.24) is 19.4 Å². The van der Waals surface area contributed by atoms with Crippen LogP contribution in [0.5, 0.6) is 0 Å². The molecule has 0 saturated heterocycles. The smallest absolute Gasteiger partial charge is 0.262 e. The van der Waals surface area contributed by atoms with Crippen molar-refractivity contribution in [2.45, 2.75) is 13.0 Å². The minimum atomic E-state index is -0.566. The molecule has 1 aromatic heterocycles. The lowest BCUT2D eigenvalue weighted by molar-refractivity contribution is -0.130. The van der Waals surface area contributed by atoms with Crippen LogP contribution in [0.25, 0.3) is 16.6 Å². The van der Waals surface area contributed by atoms with Crippen LogP contribution in [0.2, 0.25) is 0 Å². The topological polar surface area (TPSA) is 58.4 Å². The number of benzene rings is 1. The average molecular weight is 298 g/mol. The van der Waals surface area contributed by atoms with Gasteiger partial charge in [0.05, 0.1) is 10.9 Å². The van der Waals surface area contributed by atoms with Crippen molar-refractivity contribution in [2.75, 3.05) is 21.1 Å². The zero-order valence-corrected chi connectivity index (χ0v) is 13.1. The lowest BCUT2D eigenvalue weighted by Crippen LogP contribution is -2.44. The van der Waals surface area contributed by atoms with E-state index in [1.807, 2.05) is 31.1 Å². The zero-order chi connectivity index (χ0) is 16.0. The van der Waals surface area contributed by atoms with Crippen molar-refractivity contribution >= 4 is 22.5 Å². The molecule has 2 aromatic rings. The number of fused-ring (bicyclic) bond motifs is 2. The fraction of sp³-hybridized carbons (Fsp3) is 0.312. The minimum absolute atomic E-state index is 0.125. The number of carbonyl (C=O) groups is 1. The molecule has 0 aliphatic carbocycles. The summed E-state index contributed by atoms with van der Waals surface area (Å²) in [6.07, 6.45) is 1.80. The van der Waals surface area contributed by atoms with Gasteiger partial charge in [-0.3, -0.25) is 14.2 Å². The van der Waals surface area contributed by atoms with Crippen LogP contribution in [-0.2, 0) is 4.79 Å². The number of likely N-dealkylation sites (N-methyl/N-ethyl adjacent to an activating group) is 1. The molecule has 6 heteroatoms. The summed E-state index contributed by atoms with van der Waals surface area (Å²) in [5.41, 5.74) is 1.08. The molecule has 0 fully saturated rings. The van der Waals surface area contributed by atoms with Crippen molar-refractivity contribution in [3.63, 3.8) is 0 Å². The zero-order valence-electron chi connectivity index (χ0n) is 13.1. The van der Waals surface area contributed by atoms with E-state index in [0.29, 0.717) is 22.4 Å². The molecule has 1 aromatic carbocycles. The average Bonchev–Trinajstić information content (AvgIpc) is 2.49. The lowest BCUT2D eigenvalue weighted by atomic mass is 10.1. The third-order valence-corrected chi connectivity index (χ3v) is 3.85. The molecule has 1 aliphatic heterocycles. The van der Waals surface area contributed by atoms with Crippen molar-refractivity contribution in [1.29, 1.82) is 0 Å². The van der Waals surface area contributed by atoms with Crippen LogP contribution in [0.15, 0.2) is 35.3 Å². The van der Waals surface area contributed by atoms with Gasteiger partial charge in [-0.15, -0.1) is 0 Å². The van der Waals surface area contributed by atoms with E-state index in [-0.39, 0.29) is 11.5 Å². The molecule has 0 radical (unpaired) electrons. The molecular formula is C16H18N4O2. The van der Waals surface area contributed by atoms with Crippen molar-refractivity contribution in [2.24, 2.45) is 0 Å². The maximum atomic E-state index is 12.8. The fourth-order valence-corrected chi connectivity index (χ4v) is 2.73. The van der Waals surface area contributed by atoms with Gasteiger partial charge in [0.1, 0.15) is 11.7 Å². The number of rotatable bonds is 1. The van der Waals surface area contributed by atoms with Crippen molar-refractivity contribution in [3.8, 4) is 0 Å². The number of hydrogen-bond acceptors (Lipinski definition) is 4. The van der Waals surface area contributed by atoms with E-state index in [1.54, 1.807) is 37.2 Å². The molecule has 22 heavy (non-hydrogen) atoms. The van der Waals surface area contributed by atoms with Crippen LogP contribution < -0.4 is 5.56 Å². The Hall–Kier alpha value is -2.63. The highest BCUT2D eigenvalue weighted by Crippen LogP contribution is 2.28. The molecule has 6 nitrogen and oxygen atoms in total. The van der Waals surface area contributed by atoms with Gasteiger partial charge >= 0.3 is 0 Å². The summed E-state index contributed by atoms with van der Waals surface area (Å²) in [5.74, 6) is 0.395. The van der Waals surface area contributed by atoms with Gasteiger partial charge in [-0.2, -0.15) is 0 Å². The molecule has 0 N–H and O–H groups in total. The summed E-state index contributed by atoms with van der Waals surface area (Å²) in [7, 11) is 5.44. The van der Waals surface area contributed by atoms with Crippen LogP contribution in [0.1, 0.15) is 18.8 Å². The molecule has 1 amide bonds. The van der Waals surface area contributed by atoms with Crippen molar-refractivity contribution in [3.05, 3.63) is 46.6 Å². The number of para-hydroxylation sites is 1. The summed E-state index contributed by atoms with van der Waals surface area (Å²) in [5, 5.41) is 0.527. The third kappa shape index (κ3) is 1.99. The number of hydrogen-bond donors (Lipinski definition) is 0. The second kappa shape index (κ2) is 4.98. The van der Waals surface area contributed by atoms with Gasteiger partial charge in [0.2, 0.25) is 5.91 Å². The predicted octanol–water partition coefficient (Wildman–Crippen LogP) is 1.29. The Labute approximate surface area is 128 Å². The summed E-state index contributed by atoms with van der Waals surface area (Å²) in [6, 6.07) is 6.64. The Kier molecular flexibility index (Phi) is 3.24. The number of amides is 1. The Morgan fingerprint density at radius 1 is 1.23 bits per heavy atom. The van der Waals surface area contributed by atoms with Gasteiger partial charge < -0.3 is 9.80 Å². The van der Waals surface area contributed by atoms with Crippen molar-refractivity contribution < 1.29 is 4.79 Å². The van der Waals surface area contributed by atoms with Crippen LogP contribution in [0.3, 0.4) is 0 Å². The first kappa shape index (κ1) is 14.3. The van der Waals surface area contributed by atoms with E-state index >= 15 is 0 Å². The molecule has 2 heterocycles. The quantitative estimate of drug-likeness (QED) is 0.796. The Morgan fingerprint density at radius 3 is 2.59 bits per heavy atom. The number of nitrogens with zero attached hydrogens (tertiary/aromatic N) is 4. The van der Waals surface area contributed by atoms with Crippen LogP contribution >= 0.6 is 0 Å². The first-order valence-electron chi connectivity index (χ1n) is 7.09. The van der Waals surface area contributed by atoms with Gasteiger partial charge in [-0.1, -0.05) is 12.1 Å². The molecule has 3 rings (SSSR count). The maximum absolute atomic E-state index is 12.8. The van der Waals surface area contributed by atoms with E-state index < -0.39 is 6.04 Å². The molecule has 1 aliphatic rings. The minimum Gasteiger partial charge on any atom is -0.382 e. The second-order valence-electron chi connectivity index (χ2n) is 5.68. The predicted molar refractivity (Wildman–Crippen MR) is 85.1 cm³/mol. The van der Waals surface area contributed by atoms with Crippen LogP contribution in [0.4, 0.5) is 0 Å². The highest BCUT2D eigenvalue weighted by atomic mass is 16.2.